The van der Waals surface area contributed by atoms with E-state index in [4.69, 9.17) is 4.42 Å². The van der Waals surface area contributed by atoms with Crippen LogP contribution in [0.1, 0.15) is 57.8 Å². The van der Waals surface area contributed by atoms with Gasteiger partial charge in [-0.15, -0.1) is 0 Å². The lowest BCUT2D eigenvalue weighted by atomic mass is 9.94. The van der Waals surface area contributed by atoms with Gasteiger partial charge in [-0.05, 0) is 37.5 Å². The van der Waals surface area contributed by atoms with Gasteiger partial charge in [0.15, 0.2) is 5.96 Å². The Morgan fingerprint density at radius 1 is 1.20 bits per heavy atom. The third-order valence-corrected chi connectivity index (χ3v) is 6.13. The summed E-state index contributed by atoms with van der Waals surface area (Å²) in [6.45, 7) is 9.79. The molecular weight excluding hydrogens is 402 g/mol. The van der Waals surface area contributed by atoms with E-state index in [9.17, 15) is 8.42 Å². The van der Waals surface area contributed by atoms with Gasteiger partial charge in [0, 0.05) is 18.0 Å². The van der Waals surface area contributed by atoms with Crippen LogP contribution in [0.5, 0.6) is 0 Å². The van der Waals surface area contributed by atoms with Crippen LogP contribution in [0, 0.1) is 0 Å². The number of benzene rings is 1. The molecule has 0 unspecified atom stereocenters. The first-order chi connectivity index (χ1) is 14.2. The number of sulfonamides is 1. The van der Waals surface area contributed by atoms with Gasteiger partial charge in [-0.2, -0.15) is 0 Å². The first-order valence-electron chi connectivity index (χ1n) is 10.3. The highest BCUT2D eigenvalue weighted by Gasteiger charge is 2.27. The van der Waals surface area contributed by atoms with Crippen LogP contribution < -0.4 is 15.4 Å². The summed E-state index contributed by atoms with van der Waals surface area (Å²) >= 11 is 0. The molecule has 3 rings (SSSR count). The van der Waals surface area contributed by atoms with E-state index >= 15 is 0 Å². The molecule has 0 amide bonds. The van der Waals surface area contributed by atoms with Crippen molar-refractivity contribution < 1.29 is 12.8 Å². The van der Waals surface area contributed by atoms with Crippen LogP contribution >= 0.6 is 0 Å². The fourth-order valence-electron chi connectivity index (χ4n) is 2.67. The Labute approximate surface area is 178 Å². The molecule has 0 aliphatic heterocycles. The maximum Gasteiger partial charge on any atom is 0.240 e. The first kappa shape index (κ1) is 22.3. The van der Waals surface area contributed by atoms with Crippen molar-refractivity contribution in [2.75, 3.05) is 6.54 Å². The highest BCUT2D eigenvalue weighted by Crippen LogP contribution is 2.23. The molecule has 30 heavy (non-hydrogen) atoms. The molecule has 1 aliphatic carbocycles. The molecule has 1 aromatic heterocycles. The molecule has 3 N–H and O–H groups in total. The van der Waals surface area contributed by atoms with E-state index in [2.05, 4.69) is 46.1 Å². The van der Waals surface area contributed by atoms with Crippen molar-refractivity contribution in [2.45, 2.75) is 70.0 Å². The molecule has 1 aliphatic rings. The summed E-state index contributed by atoms with van der Waals surface area (Å²) < 4.78 is 33.0. The SMILES string of the molecule is CCNC(=NCc1ccc(S(=O)(=O)NC2CC2)cc1)NCc1ncc(C(C)(C)C)o1. The Morgan fingerprint density at radius 2 is 1.90 bits per heavy atom. The van der Waals surface area contributed by atoms with Crippen molar-refractivity contribution >= 4 is 16.0 Å². The number of oxazole rings is 1. The van der Waals surface area contributed by atoms with Crippen LogP contribution in [0.15, 0.2) is 44.8 Å². The monoisotopic (exact) mass is 433 g/mol. The van der Waals surface area contributed by atoms with Gasteiger partial charge in [0.1, 0.15) is 5.76 Å². The Morgan fingerprint density at radius 3 is 2.47 bits per heavy atom. The van der Waals surface area contributed by atoms with Crippen molar-refractivity contribution in [3.8, 4) is 0 Å². The minimum Gasteiger partial charge on any atom is -0.443 e. The van der Waals surface area contributed by atoms with E-state index < -0.39 is 10.0 Å². The van der Waals surface area contributed by atoms with Gasteiger partial charge >= 0.3 is 0 Å². The Bertz CT molecular complexity index is 971. The normalized spacial score (nSPS) is 15.3. The Hall–Kier alpha value is -2.39. The summed E-state index contributed by atoms with van der Waals surface area (Å²) in [6.07, 6.45) is 3.59. The van der Waals surface area contributed by atoms with Gasteiger partial charge in [-0.25, -0.2) is 23.1 Å². The molecule has 0 spiro atoms. The number of nitrogens with zero attached hydrogens (tertiary/aromatic N) is 2. The van der Waals surface area contributed by atoms with Gasteiger partial charge in [-0.3, -0.25) is 0 Å². The van der Waals surface area contributed by atoms with Crippen molar-refractivity contribution in [3.05, 3.63) is 47.7 Å². The molecule has 0 radical (unpaired) electrons. The van der Waals surface area contributed by atoms with Crippen LogP contribution in [-0.4, -0.2) is 31.9 Å². The minimum atomic E-state index is -3.43. The van der Waals surface area contributed by atoms with E-state index in [0.717, 1.165) is 24.2 Å². The van der Waals surface area contributed by atoms with Crippen molar-refractivity contribution in [1.82, 2.24) is 20.3 Å². The lowest BCUT2D eigenvalue weighted by Crippen LogP contribution is -2.36. The largest absolute Gasteiger partial charge is 0.443 e. The molecule has 0 atom stereocenters. The van der Waals surface area contributed by atoms with Gasteiger partial charge in [0.2, 0.25) is 15.9 Å². The number of aliphatic imine (C=N–C) groups is 1. The molecule has 1 fully saturated rings. The van der Waals surface area contributed by atoms with E-state index in [-0.39, 0.29) is 16.4 Å². The number of nitrogens with one attached hydrogen (secondary N) is 3. The van der Waals surface area contributed by atoms with E-state index in [1.165, 1.54) is 0 Å². The summed E-state index contributed by atoms with van der Waals surface area (Å²) in [5.74, 6) is 2.08. The summed E-state index contributed by atoms with van der Waals surface area (Å²) in [5.41, 5.74) is 0.834. The number of aromatic nitrogens is 1. The predicted molar refractivity (Wildman–Crippen MR) is 117 cm³/mol. The number of hydrogen-bond acceptors (Lipinski definition) is 5. The molecule has 8 nitrogen and oxygen atoms in total. The zero-order valence-corrected chi connectivity index (χ0v) is 18.8. The van der Waals surface area contributed by atoms with Gasteiger partial charge in [-0.1, -0.05) is 32.9 Å². The van der Waals surface area contributed by atoms with Crippen molar-refractivity contribution in [2.24, 2.45) is 4.99 Å². The van der Waals surface area contributed by atoms with Crippen LogP contribution in [0.3, 0.4) is 0 Å². The van der Waals surface area contributed by atoms with Gasteiger partial charge < -0.3 is 15.1 Å². The topological polar surface area (TPSA) is 109 Å². The fraction of sp³-hybridized carbons (Fsp3) is 0.524. The first-order valence-corrected chi connectivity index (χ1v) is 11.7. The summed E-state index contributed by atoms with van der Waals surface area (Å²) in [5, 5.41) is 6.40. The molecule has 0 bridgehead atoms. The molecule has 164 valence electrons. The Balaban J connectivity index is 1.59. The summed E-state index contributed by atoms with van der Waals surface area (Å²) in [7, 11) is -3.43. The zero-order chi connectivity index (χ0) is 21.8. The quantitative estimate of drug-likeness (QED) is 0.436. The zero-order valence-electron chi connectivity index (χ0n) is 18.0. The molecule has 9 heteroatoms. The highest BCUT2D eigenvalue weighted by molar-refractivity contribution is 7.89. The predicted octanol–water partition coefficient (Wildman–Crippen LogP) is 2.67. The van der Waals surface area contributed by atoms with Crippen LogP contribution in [0.25, 0.3) is 0 Å². The summed E-state index contributed by atoms with van der Waals surface area (Å²) in [4.78, 5) is 9.16. The number of rotatable bonds is 8. The van der Waals surface area contributed by atoms with Crippen molar-refractivity contribution in [1.29, 1.82) is 0 Å². The maximum absolute atomic E-state index is 12.3. The lowest BCUT2D eigenvalue weighted by Gasteiger charge is -2.13. The second kappa shape index (κ2) is 9.18. The summed E-state index contributed by atoms with van der Waals surface area (Å²) in [6, 6.07) is 6.92. The Kier molecular flexibility index (Phi) is 6.82. The van der Waals surface area contributed by atoms with Crippen molar-refractivity contribution in [3.63, 3.8) is 0 Å². The fourth-order valence-corrected chi connectivity index (χ4v) is 3.98. The van der Waals surface area contributed by atoms with Gasteiger partial charge in [0.25, 0.3) is 0 Å². The molecule has 2 aromatic rings. The van der Waals surface area contributed by atoms with E-state index in [0.29, 0.717) is 31.5 Å². The minimum absolute atomic E-state index is 0.0857. The standard InChI is InChI=1S/C21H31N5O3S/c1-5-22-20(25-14-19-23-13-18(29-19)21(2,3)4)24-12-15-6-10-17(11-7-15)30(27,28)26-16-8-9-16/h6-7,10-11,13,16,26H,5,8-9,12,14H2,1-4H3,(H2,22,24,25). The van der Waals surface area contributed by atoms with Crippen LogP contribution in [0.4, 0.5) is 0 Å². The van der Waals surface area contributed by atoms with E-state index in [1.807, 2.05) is 6.92 Å². The smallest absolute Gasteiger partial charge is 0.240 e. The molecule has 1 heterocycles. The van der Waals surface area contributed by atoms with Crippen LogP contribution in [0.2, 0.25) is 0 Å². The third kappa shape index (κ3) is 6.30. The molecule has 1 saturated carbocycles. The average Bonchev–Trinajstić information content (AvgIpc) is 3.34. The third-order valence-electron chi connectivity index (χ3n) is 4.60. The number of hydrogen-bond donors (Lipinski definition) is 3. The van der Waals surface area contributed by atoms with E-state index in [1.54, 1.807) is 30.5 Å². The molecular formula is C21H31N5O3S. The average molecular weight is 434 g/mol. The van der Waals surface area contributed by atoms with Crippen LogP contribution in [-0.2, 0) is 28.5 Å². The lowest BCUT2D eigenvalue weighted by molar-refractivity contribution is 0.379. The second-order valence-electron chi connectivity index (χ2n) is 8.46. The maximum atomic E-state index is 12.3. The molecule has 1 aromatic carbocycles. The number of guanidine groups is 1. The molecule has 0 saturated heterocycles. The van der Waals surface area contributed by atoms with Gasteiger partial charge in [0.05, 0.1) is 24.2 Å². The highest BCUT2D eigenvalue weighted by atomic mass is 32.2. The second-order valence-corrected chi connectivity index (χ2v) is 10.2.